The first-order chi connectivity index (χ1) is 6.69. The zero-order valence-corrected chi connectivity index (χ0v) is 8.54. The highest BCUT2D eigenvalue weighted by Crippen LogP contribution is 2.17. The van der Waals surface area contributed by atoms with Crippen LogP contribution in [0.15, 0.2) is 18.2 Å². The van der Waals surface area contributed by atoms with Gasteiger partial charge in [0.05, 0.1) is 11.6 Å². The maximum absolute atomic E-state index is 8.93. The highest BCUT2D eigenvalue weighted by Gasteiger charge is 2.07. The van der Waals surface area contributed by atoms with Crippen LogP contribution in [0.3, 0.4) is 0 Å². The molecular formula is C13H13N. The molecule has 0 saturated heterocycles. The zero-order chi connectivity index (χ0) is 10.6. The summed E-state index contributed by atoms with van der Waals surface area (Å²) in [7, 11) is 0. The van der Waals surface area contributed by atoms with Crippen LogP contribution < -0.4 is 0 Å². The molecule has 0 saturated carbocycles. The van der Waals surface area contributed by atoms with E-state index in [2.05, 4.69) is 25.8 Å². The van der Waals surface area contributed by atoms with Crippen LogP contribution in [0.1, 0.15) is 30.5 Å². The average Bonchev–Trinajstić information content (AvgIpc) is 2.17. The molecule has 0 aliphatic rings. The summed E-state index contributed by atoms with van der Waals surface area (Å²) in [5, 5.41) is 8.93. The van der Waals surface area contributed by atoms with Crippen molar-refractivity contribution in [2.24, 2.45) is 5.92 Å². The Morgan fingerprint density at radius 3 is 2.50 bits per heavy atom. The Kier molecular flexibility index (Phi) is 3.32. The van der Waals surface area contributed by atoms with E-state index in [1.807, 2.05) is 18.2 Å². The quantitative estimate of drug-likeness (QED) is 0.647. The second kappa shape index (κ2) is 4.49. The summed E-state index contributed by atoms with van der Waals surface area (Å²) in [4.78, 5) is 0. The summed E-state index contributed by atoms with van der Waals surface area (Å²) >= 11 is 0. The van der Waals surface area contributed by atoms with Crippen molar-refractivity contribution >= 4 is 0 Å². The largest absolute Gasteiger partial charge is 0.192 e. The number of benzene rings is 1. The molecule has 0 amide bonds. The second-order valence-electron chi connectivity index (χ2n) is 3.69. The molecule has 0 radical (unpaired) electrons. The Balaban J connectivity index is 3.23. The molecule has 1 aromatic carbocycles. The van der Waals surface area contributed by atoms with Crippen molar-refractivity contribution in [3.8, 4) is 18.4 Å². The summed E-state index contributed by atoms with van der Waals surface area (Å²) in [6.07, 6.45) is 6.25. The zero-order valence-electron chi connectivity index (χ0n) is 8.54. The third-order valence-corrected chi connectivity index (χ3v) is 2.06. The number of nitrogens with zero attached hydrogens (tertiary/aromatic N) is 1. The van der Waals surface area contributed by atoms with E-state index in [4.69, 9.17) is 11.7 Å². The topological polar surface area (TPSA) is 23.8 Å². The Morgan fingerprint density at radius 1 is 1.36 bits per heavy atom. The van der Waals surface area contributed by atoms with Gasteiger partial charge in [-0.3, -0.25) is 0 Å². The molecule has 0 atom stereocenters. The van der Waals surface area contributed by atoms with Gasteiger partial charge in [-0.05, 0) is 30.0 Å². The number of terminal acetylenes is 1. The van der Waals surface area contributed by atoms with E-state index in [-0.39, 0.29) is 0 Å². The van der Waals surface area contributed by atoms with Gasteiger partial charge in [0.15, 0.2) is 0 Å². The van der Waals surface area contributed by atoms with Crippen molar-refractivity contribution in [3.05, 3.63) is 34.9 Å². The molecule has 0 heterocycles. The van der Waals surface area contributed by atoms with Crippen molar-refractivity contribution in [1.82, 2.24) is 0 Å². The van der Waals surface area contributed by atoms with E-state index in [9.17, 15) is 0 Å². The lowest BCUT2D eigenvalue weighted by Gasteiger charge is -2.09. The van der Waals surface area contributed by atoms with Gasteiger partial charge in [0, 0.05) is 5.56 Å². The van der Waals surface area contributed by atoms with Crippen LogP contribution in [-0.2, 0) is 6.42 Å². The maximum Gasteiger partial charge on any atom is 0.0994 e. The molecule has 0 aromatic heterocycles. The van der Waals surface area contributed by atoms with Gasteiger partial charge in [-0.15, -0.1) is 6.42 Å². The summed E-state index contributed by atoms with van der Waals surface area (Å²) in [6.45, 7) is 4.24. The van der Waals surface area contributed by atoms with E-state index >= 15 is 0 Å². The van der Waals surface area contributed by atoms with Crippen molar-refractivity contribution in [2.45, 2.75) is 20.3 Å². The predicted molar refractivity (Wildman–Crippen MR) is 57.6 cm³/mol. The molecule has 0 spiro atoms. The van der Waals surface area contributed by atoms with Crippen LogP contribution >= 0.6 is 0 Å². The molecule has 1 heteroatoms. The second-order valence-corrected chi connectivity index (χ2v) is 3.69. The van der Waals surface area contributed by atoms with Crippen LogP contribution in [0.2, 0.25) is 0 Å². The minimum Gasteiger partial charge on any atom is -0.192 e. The van der Waals surface area contributed by atoms with Gasteiger partial charge in [0.25, 0.3) is 0 Å². The van der Waals surface area contributed by atoms with Crippen LogP contribution in [0.25, 0.3) is 0 Å². The summed E-state index contributed by atoms with van der Waals surface area (Å²) in [5.41, 5.74) is 2.56. The first kappa shape index (κ1) is 10.4. The van der Waals surface area contributed by atoms with E-state index < -0.39 is 0 Å². The lowest BCUT2D eigenvalue weighted by molar-refractivity contribution is 0.645. The maximum atomic E-state index is 8.93. The standard InChI is InChI=1S/C13H13N/c1-4-11-6-5-7-12(9-14)13(11)8-10(2)3/h1,5-7,10H,8H2,2-3H3. The summed E-state index contributed by atoms with van der Waals surface area (Å²) in [5.74, 6) is 3.14. The van der Waals surface area contributed by atoms with Crippen molar-refractivity contribution in [3.63, 3.8) is 0 Å². The molecule has 0 N–H and O–H groups in total. The molecule has 70 valence electrons. The molecule has 0 aliphatic carbocycles. The molecule has 0 bridgehead atoms. The van der Waals surface area contributed by atoms with Crippen LogP contribution in [0.4, 0.5) is 0 Å². The molecule has 0 unspecified atom stereocenters. The number of rotatable bonds is 2. The SMILES string of the molecule is C#Cc1cccc(C#N)c1CC(C)C. The number of hydrogen-bond donors (Lipinski definition) is 0. The first-order valence-electron chi connectivity index (χ1n) is 4.67. The monoisotopic (exact) mass is 183 g/mol. The molecule has 14 heavy (non-hydrogen) atoms. The van der Waals surface area contributed by atoms with Gasteiger partial charge >= 0.3 is 0 Å². The van der Waals surface area contributed by atoms with Crippen molar-refractivity contribution in [2.75, 3.05) is 0 Å². The lowest BCUT2D eigenvalue weighted by atomic mass is 9.94. The number of nitriles is 1. The number of hydrogen-bond acceptors (Lipinski definition) is 1. The van der Waals surface area contributed by atoms with E-state index in [1.165, 1.54) is 0 Å². The fourth-order valence-electron chi connectivity index (χ4n) is 1.45. The Bertz CT molecular complexity index is 370. The molecule has 1 rings (SSSR count). The molecule has 1 aromatic rings. The Morgan fingerprint density at radius 2 is 2.00 bits per heavy atom. The fraction of sp³-hybridized carbons (Fsp3) is 0.308. The Labute approximate surface area is 85.4 Å². The summed E-state index contributed by atoms with van der Waals surface area (Å²) in [6, 6.07) is 7.72. The lowest BCUT2D eigenvalue weighted by Crippen LogP contribution is -2.00. The molecule has 0 aliphatic heterocycles. The van der Waals surface area contributed by atoms with Crippen molar-refractivity contribution < 1.29 is 0 Å². The first-order valence-corrected chi connectivity index (χ1v) is 4.67. The molecule has 0 fully saturated rings. The predicted octanol–water partition coefficient (Wildman–Crippen LogP) is 2.74. The van der Waals surface area contributed by atoms with Crippen LogP contribution in [-0.4, -0.2) is 0 Å². The van der Waals surface area contributed by atoms with Crippen LogP contribution in [0, 0.1) is 29.6 Å². The van der Waals surface area contributed by atoms with Gasteiger partial charge in [-0.1, -0.05) is 25.8 Å². The molecular weight excluding hydrogens is 170 g/mol. The minimum absolute atomic E-state index is 0.511. The summed E-state index contributed by atoms with van der Waals surface area (Å²) < 4.78 is 0. The minimum atomic E-state index is 0.511. The van der Waals surface area contributed by atoms with Gasteiger partial charge in [0.2, 0.25) is 0 Å². The van der Waals surface area contributed by atoms with Gasteiger partial charge in [-0.2, -0.15) is 5.26 Å². The molecule has 1 nitrogen and oxygen atoms in total. The van der Waals surface area contributed by atoms with E-state index in [1.54, 1.807) is 0 Å². The van der Waals surface area contributed by atoms with Crippen molar-refractivity contribution in [1.29, 1.82) is 5.26 Å². The smallest absolute Gasteiger partial charge is 0.0994 e. The third-order valence-electron chi connectivity index (χ3n) is 2.06. The highest BCUT2D eigenvalue weighted by molar-refractivity contribution is 5.49. The third kappa shape index (κ3) is 2.15. The van der Waals surface area contributed by atoms with Gasteiger partial charge in [0.1, 0.15) is 0 Å². The van der Waals surface area contributed by atoms with E-state index in [0.717, 1.165) is 17.5 Å². The average molecular weight is 183 g/mol. The van der Waals surface area contributed by atoms with Gasteiger partial charge in [-0.25, -0.2) is 0 Å². The normalized spacial score (nSPS) is 9.50. The van der Waals surface area contributed by atoms with E-state index in [0.29, 0.717) is 11.5 Å². The fourth-order valence-corrected chi connectivity index (χ4v) is 1.45. The Hall–Kier alpha value is -1.73. The van der Waals surface area contributed by atoms with Gasteiger partial charge < -0.3 is 0 Å². The van der Waals surface area contributed by atoms with Crippen LogP contribution in [0.5, 0.6) is 0 Å². The highest BCUT2D eigenvalue weighted by atomic mass is 14.2.